The van der Waals surface area contributed by atoms with Gasteiger partial charge in [0.25, 0.3) is 5.91 Å². The Morgan fingerprint density at radius 3 is 2.36 bits per heavy atom. The summed E-state index contributed by atoms with van der Waals surface area (Å²) in [5.41, 5.74) is 0.0492. The third-order valence-electron chi connectivity index (χ3n) is 5.08. The average Bonchev–Trinajstić information content (AvgIpc) is 3.17. The van der Waals surface area contributed by atoms with Crippen LogP contribution in [-0.2, 0) is 5.60 Å². The summed E-state index contributed by atoms with van der Waals surface area (Å²) in [7, 11) is 0. The van der Waals surface area contributed by atoms with Crippen molar-refractivity contribution >= 4 is 5.91 Å². The van der Waals surface area contributed by atoms with E-state index in [9.17, 15) is 9.90 Å². The van der Waals surface area contributed by atoms with Gasteiger partial charge in [-0.25, -0.2) is 0 Å². The van der Waals surface area contributed by atoms with E-state index >= 15 is 0 Å². The molecule has 0 bridgehead atoms. The number of carbonyl (C=O) groups is 1. The fraction of sp³-hybridized carbons (Fsp3) is 0.450. The first-order valence-electron chi connectivity index (χ1n) is 8.84. The number of hydrogen-bond acceptors (Lipinski definition) is 4. The second kappa shape index (κ2) is 7.42. The van der Waals surface area contributed by atoms with Crippen molar-refractivity contribution in [2.24, 2.45) is 5.92 Å². The van der Waals surface area contributed by atoms with Crippen molar-refractivity contribution in [3.8, 4) is 0 Å². The van der Waals surface area contributed by atoms with Gasteiger partial charge in [-0.2, -0.15) is 0 Å². The Hall–Kier alpha value is -2.11. The van der Waals surface area contributed by atoms with Gasteiger partial charge in [0.2, 0.25) is 0 Å². The van der Waals surface area contributed by atoms with Crippen molar-refractivity contribution < 1.29 is 14.3 Å². The zero-order chi connectivity index (χ0) is 17.9. The summed E-state index contributed by atoms with van der Waals surface area (Å²) in [5, 5.41) is 11.3. The van der Waals surface area contributed by atoms with Crippen molar-refractivity contribution in [1.29, 1.82) is 0 Å². The molecule has 1 saturated heterocycles. The van der Waals surface area contributed by atoms with E-state index in [1.165, 1.54) is 6.26 Å². The van der Waals surface area contributed by atoms with Crippen LogP contribution in [0.2, 0.25) is 0 Å². The highest BCUT2D eigenvalue weighted by Gasteiger charge is 2.36. The molecule has 1 amide bonds. The number of amides is 1. The van der Waals surface area contributed by atoms with E-state index in [4.69, 9.17) is 4.42 Å². The average molecular weight is 342 g/mol. The first-order valence-corrected chi connectivity index (χ1v) is 8.84. The lowest BCUT2D eigenvalue weighted by atomic mass is 9.82. The molecule has 2 aromatic rings. The van der Waals surface area contributed by atoms with E-state index in [1.807, 2.05) is 49.1 Å². The van der Waals surface area contributed by atoms with Crippen LogP contribution >= 0.6 is 0 Å². The highest BCUT2D eigenvalue weighted by atomic mass is 16.3. The van der Waals surface area contributed by atoms with E-state index < -0.39 is 5.60 Å². The minimum atomic E-state index is -0.894. The highest BCUT2D eigenvalue weighted by molar-refractivity contribution is 5.91. The molecule has 1 N–H and O–H groups in total. The van der Waals surface area contributed by atoms with Crippen LogP contribution in [0.5, 0.6) is 0 Å². The summed E-state index contributed by atoms with van der Waals surface area (Å²) >= 11 is 0. The molecule has 1 aromatic carbocycles. The van der Waals surface area contributed by atoms with Gasteiger partial charge in [-0.05, 0) is 23.6 Å². The Labute approximate surface area is 148 Å². The molecule has 2 heterocycles. The molecule has 1 aliphatic rings. The second-order valence-corrected chi connectivity index (χ2v) is 6.99. The van der Waals surface area contributed by atoms with Gasteiger partial charge in [0, 0.05) is 32.7 Å². The molecule has 1 unspecified atom stereocenters. The molecule has 5 nitrogen and oxygen atoms in total. The van der Waals surface area contributed by atoms with Crippen LogP contribution in [-0.4, -0.2) is 53.5 Å². The number of nitrogens with zero attached hydrogens (tertiary/aromatic N) is 2. The summed E-state index contributed by atoms with van der Waals surface area (Å²) in [6.07, 6.45) is 1.52. The third kappa shape index (κ3) is 3.78. The SMILES string of the molecule is CC(C)C(O)(CN1CCN(C(=O)c2ccco2)CC1)c1ccccc1. The second-order valence-electron chi connectivity index (χ2n) is 6.99. The maximum absolute atomic E-state index is 12.3. The first-order chi connectivity index (χ1) is 12.0. The maximum Gasteiger partial charge on any atom is 0.289 e. The molecule has 1 aromatic heterocycles. The number of benzene rings is 1. The summed E-state index contributed by atoms with van der Waals surface area (Å²) in [6.45, 7) is 7.43. The van der Waals surface area contributed by atoms with Crippen LogP contribution in [0.3, 0.4) is 0 Å². The standard InChI is InChI=1S/C20H26N2O3/c1-16(2)20(24,17-7-4-3-5-8-17)15-21-10-12-22(13-11-21)19(23)18-9-6-14-25-18/h3-9,14,16,24H,10-13,15H2,1-2H3. The molecule has 0 radical (unpaired) electrons. The van der Waals surface area contributed by atoms with Gasteiger partial charge in [0.15, 0.2) is 5.76 Å². The quantitative estimate of drug-likeness (QED) is 0.907. The molecule has 1 aliphatic heterocycles. The van der Waals surface area contributed by atoms with Crippen LogP contribution in [0.15, 0.2) is 53.1 Å². The number of rotatable bonds is 5. The maximum atomic E-state index is 12.3. The molecule has 5 heteroatoms. The molecular weight excluding hydrogens is 316 g/mol. The van der Waals surface area contributed by atoms with Crippen molar-refractivity contribution in [2.75, 3.05) is 32.7 Å². The Bertz CT molecular complexity index is 676. The number of carbonyl (C=O) groups excluding carboxylic acids is 1. The Balaban J connectivity index is 1.63. The van der Waals surface area contributed by atoms with Crippen LogP contribution in [0.25, 0.3) is 0 Å². The number of hydrogen-bond donors (Lipinski definition) is 1. The van der Waals surface area contributed by atoms with Crippen molar-refractivity contribution in [1.82, 2.24) is 9.80 Å². The summed E-state index contributed by atoms with van der Waals surface area (Å²) in [6, 6.07) is 13.3. The number of aliphatic hydroxyl groups is 1. The number of furan rings is 1. The molecule has 25 heavy (non-hydrogen) atoms. The Morgan fingerprint density at radius 2 is 1.80 bits per heavy atom. The molecule has 134 valence electrons. The van der Waals surface area contributed by atoms with Gasteiger partial charge in [0.05, 0.1) is 6.26 Å². The van der Waals surface area contributed by atoms with Gasteiger partial charge in [-0.15, -0.1) is 0 Å². The van der Waals surface area contributed by atoms with E-state index in [-0.39, 0.29) is 11.8 Å². The summed E-state index contributed by atoms with van der Waals surface area (Å²) < 4.78 is 5.20. The van der Waals surface area contributed by atoms with Gasteiger partial charge in [0.1, 0.15) is 5.60 Å². The molecular formula is C20H26N2O3. The third-order valence-corrected chi connectivity index (χ3v) is 5.08. The lowest BCUT2D eigenvalue weighted by Crippen LogP contribution is -2.53. The van der Waals surface area contributed by atoms with Crippen molar-refractivity contribution in [2.45, 2.75) is 19.4 Å². The minimum Gasteiger partial charge on any atom is -0.459 e. The lowest BCUT2D eigenvalue weighted by Gasteiger charge is -2.41. The van der Waals surface area contributed by atoms with Crippen LogP contribution in [0.1, 0.15) is 30.0 Å². The van der Waals surface area contributed by atoms with Crippen LogP contribution < -0.4 is 0 Å². The normalized spacial score (nSPS) is 18.3. The molecule has 0 spiro atoms. The zero-order valence-electron chi connectivity index (χ0n) is 14.9. The lowest BCUT2D eigenvalue weighted by molar-refractivity contribution is -0.0476. The molecule has 3 rings (SSSR count). The molecule has 1 atom stereocenters. The summed E-state index contributed by atoms with van der Waals surface area (Å²) in [4.78, 5) is 16.4. The van der Waals surface area contributed by atoms with E-state index in [1.54, 1.807) is 12.1 Å². The fourth-order valence-electron chi connectivity index (χ4n) is 3.34. The summed E-state index contributed by atoms with van der Waals surface area (Å²) in [5.74, 6) is 0.418. The zero-order valence-corrected chi connectivity index (χ0v) is 14.9. The molecule has 0 aliphatic carbocycles. The van der Waals surface area contributed by atoms with Gasteiger partial charge in [-0.3, -0.25) is 9.69 Å². The minimum absolute atomic E-state index is 0.0631. The predicted molar refractivity (Wildman–Crippen MR) is 96.2 cm³/mol. The van der Waals surface area contributed by atoms with Crippen LogP contribution in [0, 0.1) is 5.92 Å². The highest BCUT2D eigenvalue weighted by Crippen LogP contribution is 2.31. The fourth-order valence-corrected chi connectivity index (χ4v) is 3.34. The first kappa shape index (κ1) is 17.7. The van der Waals surface area contributed by atoms with E-state index in [0.29, 0.717) is 25.4 Å². The topological polar surface area (TPSA) is 56.9 Å². The largest absolute Gasteiger partial charge is 0.459 e. The molecule has 1 fully saturated rings. The van der Waals surface area contributed by atoms with Crippen molar-refractivity contribution in [3.05, 3.63) is 60.1 Å². The van der Waals surface area contributed by atoms with Gasteiger partial charge >= 0.3 is 0 Å². The van der Waals surface area contributed by atoms with Gasteiger partial charge in [-0.1, -0.05) is 44.2 Å². The van der Waals surface area contributed by atoms with E-state index in [0.717, 1.165) is 18.7 Å². The smallest absolute Gasteiger partial charge is 0.289 e. The Morgan fingerprint density at radius 1 is 1.12 bits per heavy atom. The number of β-amino-alcohol motifs (C(OH)–C–C–N with tert-alkyl or cyclic N) is 1. The Kier molecular flexibility index (Phi) is 5.25. The predicted octanol–water partition coefficient (Wildman–Crippen LogP) is 2.58. The number of piperazine rings is 1. The van der Waals surface area contributed by atoms with Crippen molar-refractivity contribution in [3.63, 3.8) is 0 Å². The van der Waals surface area contributed by atoms with E-state index in [2.05, 4.69) is 4.90 Å². The monoisotopic (exact) mass is 342 g/mol. The molecule has 0 saturated carbocycles. The van der Waals surface area contributed by atoms with Crippen LogP contribution in [0.4, 0.5) is 0 Å². The van der Waals surface area contributed by atoms with Gasteiger partial charge < -0.3 is 14.4 Å².